The second-order valence-corrected chi connectivity index (χ2v) is 10.3. The van der Waals surface area contributed by atoms with E-state index in [0.717, 1.165) is 9.35 Å². The topological polar surface area (TPSA) is 80.8 Å². The van der Waals surface area contributed by atoms with Crippen LogP contribution in [0.15, 0.2) is 34.1 Å². The summed E-state index contributed by atoms with van der Waals surface area (Å²) in [7, 11) is -3.35. The fourth-order valence-corrected chi connectivity index (χ4v) is 5.07. The van der Waals surface area contributed by atoms with Crippen molar-refractivity contribution in [3.05, 3.63) is 50.1 Å². The highest BCUT2D eigenvalue weighted by molar-refractivity contribution is 9.11. The van der Waals surface area contributed by atoms with E-state index in [9.17, 15) is 18.0 Å². The Morgan fingerprint density at radius 1 is 1.27 bits per heavy atom. The number of thiophene rings is 1. The zero-order chi connectivity index (χ0) is 18.9. The van der Waals surface area contributed by atoms with E-state index in [1.54, 1.807) is 30.3 Å². The predicted octanol–water partition coefficient (Wildman–Crippen LogP) is 3.26. The number of ether oxygens (including phenoxy) is 1. The molecular weight excluding hydrogens is 442 g/mol. The number of sulfonamides is 1. The highest BCUT2D eigenvalue weighted by atomic mass is 79.9. The molecule has 2 aromatic rings. The molecule has 26 heavy (non-hydrogen) atoms. The molecule has 0 bridgehead atoms. The third kappa shape index (κ3) is 4.16. The summed E-state index contributed by atoms with van der Waals surface area (Å²) >= 11 is 4.50. The van der Waals surface area contributed by atoms with Crippen LogP contribution in [-0.2, 0) is 21.2 Å². The summed E-state index contributed by atoms with van der Waals surface area (Å²) in [6.07, 6.45) is 2.56. The Morgan fingerprint density at radius 2 is 2.04 bits per heavy atom. The van der Waals surface area contributed by atoms with Gasteiger partial charge in [-0.25, -0.2) is 13.2 Å². The first-order valence-electron chi connectivity index (χ1n) is 7.82. The fraction of sp³-hybridized carbons (Fsp3) is 0.294. The molecule has 1 aromatic carbocycles. The van der Waals surface area contributed by atoms with Crippen LogP contribution in [0.5, 0.6) is 0 Å². The number of carbonyl (C=O) groups excluding carboxylic acids is 2. The van der Waals surface area contributed by atoms with Gasteiger partial charge in [0, 0.05) is 12.1 Å². The van der Waals surface area contributed by atoms with Gasteiger partial charge in [0.25, 0.3) is 0 Å². The number of hydrogen-bond donors (Lipinski definition) is 0. The number of Topliss-reactive ketones (excluding diaryl/α,β-unsaturated/α-hetero) is 1. The lowest BCUT2D eigenvalue weighted by molar-refractivity contribution is 0.0479. The molecule has 1 aliphatic heterocycles. The van der Waals surface area contributed by atoms with E-state index in [0.29, 0.717) is 35.5 Å². The molecule has 6 nitrogen and oxygen atoms in total. The van der Waals surface area contributed by atoms with Gasteiger partial charge in [-0.3, -0.25) is 9.10 Å². The van der Waals surface area contributed by atoms with Crippen LogP contribution in [0.2, 0.25) is 0 Å². The summed E-state index contributed by atoms with van der Waals surface area (Å²) in [4.78, 5) is 24.7. The Bertz CT molecular complexity index is 967. The molecule has 0 amide bonds. The molecule has 0 saturated heterocycles. The Morgan fingerprint density at radius 3 is 2.69 bits per heavy atom. The first-order valence-corrected chi connectivity index (χ1v) is 11.3. The van der Waals surface area contributed by atoms with Gasteiger partial charge >= 0.3 is 5.97 Å². The summed E-state index contributed by atoms with van der Waals surface area (Å²) in [5.74, 6) is -0.872. The summed E-state index contributed by atoms with van der Waals surface area (Å²) in [5.41, 5.74) is 1.82. The van der Waals surface area contributed by atoms with Crippen molar-refractivity contribution in [3.8, 4) is 0 Å². The van der Waals surface area contributed by atoms with E-state index >= 15 is 0 Å². The summed E-state index contributed by atoms with van der Waals surface area (Å²) in [6.45, 7) is 0.0794. The standard InChI is InChI=1S/C17H16BrNO5S2/c1-26(22,23)19-8-2-3-11-9-12(4-5-13(11)19)14(20)10-24-17(21)15-6-7-16(18)25-15/h4-7,9H,2-3,8,10H2,1H3. The quantitative estimate of drug-likeness (QED) is 0.508. The van der Waals surface area contributed by atoms with E-state index < -0.39 is 16.0 Å². The van der Waals surface area contributed by atoms with Crippen LogP contribution < -0.4 is 4.31 Å². The lowest BCUT2D eigenvalue weighted by atomic mass is 9.99. The summed E-state index contributed by atoms with van der Waals surface area (Å²) in [5, 5.41) is 0. The lowest BCUT2D eigenvalue weighted by Crippen LogP contribution is -2.34. The number of benzene rings is 1. The molecule has 1 aliphatic rings. The van der Waals surface area contributed by atoms with E-state index in [2.05, 4.69) is 15.9 Å². The highest BCUT2D eigenvalue weighted by Crippen LogP contribution is 2.30. The number of nitrogens with zero attached hydrogens (tertiary/aromatic N) is 1. The second-order valence-electron chi connectivity index (χ2n) is 5.89. The first-order chi connectivity index (χ1) is 12.3. The van der Waals surface area contributed by atoms with Crippen LogP contribution in [0, 0.1) is 0 Å². The number of esters is 1. The van der Waals surface area contributed by atoms with Gasteiger partial charge in [-0.1, -0.05) is 0 Å². The molecule has 0 N–H and O–H groups in total. The van der Waals surface area contributed by atoms with Gasteiger partial charge in [0.15, 0.2) is 12.4 Å². The van der Waals surface area contributed by atoms with E-state index in [1.165, 1.54) is 21.9 Å². The third-order valence-corrected chi connectivity index (χ3v) is 6.77. The highest BCUT2D eigenvalue weighted by Gasteiger charge is 2.25. The molecule has 0 unspecified atom stereocenters. The second kappa shape index (κ2) is 7.50. The van der Waals surface area contributed by atoms with E-state index in [-0.39, 0.29) is 12.4 Å². The predicted molar refractivity (Wildman–Crippen MR) is 104 cm³/mol. The molecule has 0 atom stereocenters. The first kappa shape index (κ1) is 19.1. The van der Waals surface area contributed by atoms with E-state index in [1.807, 2.05) is 0 Å². The number of ketones is 1. The average molecular weight is 458 g/mol. The molecule has 138 valence electrons. The van der Waals surface area contributed by atoms with Gasteiger partial charge in [0.1, 0.15) is 4.88 Å². The zero-order valence-corrected chi connectivity index (χ0v) is 17.1. The number of fused-ring (bicyclic) bond motifs is 1. The number of halogens is 1. The fourth-order valence-electron chi connectivity index (χ4n) is 2.79. The van der Waals surface area contributed by atoms with Crippen LogP contribution >= 0.6 is 27.3 Å². The van der Waals surface area contributed by atoms with Crippen LogP contribution in [0.3, 0.4) is 0 Å². The van der Waals surface area contributed by atoms with Crippen molar-refractivity contribution in [1.29, 1.82) is 0 Å². The Labute approximate surface area is 164 Å². The normalized spacial score (nSPS) is 14.0. The number of anilines is 1. The van der Waals surface area contributed by atoms with Crippen LogP contribution in [0.1, 0.15) is 32.0 Å². The molecule has 3 rings (SSSR count). The van der Waals surface area contributed by atoms with Gasteiger partial charge in [0.2, 0.25) is 10.0 Å². The number of rotatable bonds is 5. The minimum atomic E-state index is -3.35. The molecule has 1 aromatic heterocycles. The maximum absolute atomic E-state index is 12.3. The van der Waals surface area contributed by atoms with Crippen molar-refractivity contribution in [2.45, 2.75) is 12.8 Å². The Balaban J connectivity index is 1.72. The van der Waals surface area contributed by atoms with Gasteiger partial charge < -0.3 is 4.74 Å². The van der Waals surface area contributed by atoms with Crippen molar-refractivity contribution < 1.29 is 22.7 Å². The molecule has 9 heteroatoms. The molecule has 0 radical (unpaired) electrons. The van der Waals surface area contributed by atoms with Crippen LogP contribution in [0.4, 0.5) is 5.69 Å². The molecule has 0 saturated carbocycles. The zero-order valence-electron chi connectivity index (χ0n) is 13.9. The number of carbonyl (C=O) groups is 2. The smallest absolute Gasteiger partial charge is 0.348 e. The Kier molecular flexibility index (Phi) is 5.50. The molecule has 0 spiro atoms. The number of aryl methyl sites for hydroxylation is 1. The molecular formula is C17H16BrNO5S2. The van der Waals surface area contributed by atoms with Gasteiger partial charge in [-0.05, 0) is 64.7 Å². The van der Waals surface area contributed by atoms with Crippen molar-refractivity contribution in [1.82, 2.24) is 0 Å². The van der Waals surface area contributed by atoms with Gasteiger partial charge in [-0.15, -0.1) is 11.3 Å². The lowest BCUT2D eigenvalue weighted by Gasteiger charge is -2.29. The maximum atomic E-state index is 12.3. The largest absolute Gasteiger partial charge is 0.453 e. The Hall–Kier alpha value is -1.71. The monoisotopic (exact) mass is 457 g/mol. The van der Waals surface area contributed by atoms with Crippen molar-refractivity contribution in [3.63, 3.8) is 0 Å². The van der Waals surface area contributed by atoms with Gasteiger partial charge in [-0.2, -0.15) is 0 Å². The van der Waals surface area contributed by atoms with Crippen LogP contribution in [0.25, 0.3) is 0 Å². The molecule has 2 heterocycles. The van der Waals surface area contributed by atoms with Crippen molar-refractivity contribution in [2.24, 2.45) is 0 Å². The maximum Gasteiger partial charge on any atom is 0.348 e. The summed E-state index contributed by atoms with van der Waals surface area (Å²) < 4.78 is 31.0. The van der Waals surface area contributed by atoms with Crippen LogP contribution in [-0.4, -0.2) is 39.6 Å². The van der Waals surface area contributed by atoms with Crippen molar-refractivity contribution >= 4 is 54.7 Å². The average Bonchev–Trinajstić information content (AvgIpc) is 3.04. The van der Waals surface area contributed by atoms with E-state index in [4.69, 9.17) is 4.74 Å². The minimum Gasteiger partial charge on any atom is -0.453 e. The van der Waals surface area contributed by atoms with Crippen molar-refractivity contribution in [2.75, 3.05) is 23.7 Å². The minimum absolute atomic E-state index is 0.326. The third-order valence-electron chi connectivity index (χ3n) is 3.99. The molecule has 0 aliphatic carbocycles. The SMILES string of the molecule is CS(=O)(=O)N1CCCc2cc(C(=O)COC(=O)c3ccc(Br)s3)ccc21. The molecule has 0 fully saturated rings. The number of hydrogen-bond acceptors (Lipinski definition) is 6. The summed E-state index contributed by atoms with van der Waals surface area (Å²) in [6, 6.07) is 8.26. The van der Waals surface area contributed by atoms with Gasteiger partial charge in [0.05, 0.1) is 15.7 Å².